The Bertz CT molecular complexity index is 1160. The van der Waals surface area contributed by atoms with Crippen LogP contribution in [0.4, 0.5) is 24.7 Å². The molecule has 3 heterocycles. The molecule has 0 saturated carbocycles. The Balaban J connectivity index is 1.35. The molecule has 0 radical (unpaired) electrons. The van der Waals surface area contributed by atoms with Crippen LogP contribution in [0.5, 0.6) is 17.2 Å². The molecule has 0 spiro atoms. The number of nitrogens with zero attached hydrogens (tertiary/aromatic N) is 3. The van der Waals surface area contributed by atoms with Crippen molar-refractivity contribution in [1.82, 2.24) is 15.3 Å². The summed E-state index contributed by atoms with van der Waals surface area (Å²) in [7, 11) is 0. The van der Waals surface area contributed by atoms with Crippen LogP contribution < -0.4 is 25.0 Å². The SMILES string of the molecule is FC(F)(F)Oc1cccc(Oc2ccnc(N3CCC(NC(=S)Nc4cccnc4)CC3)c2Cl)c1. The quantitative estimate of drug-likeness (QED) is 0.394. The highest BCUT2D eigenvalue weighted by Crippen LogP contribution is 2.37. The van der Waals surface area contributed by atoms with Gasteiger partial charge in [0.1, 0.15) is 16.5 Å². The van der Waals surface area contributed by atoms with E-state index in [2.05, 4.69) is 25.3 Å². The lowest BCUT2D eigenvalue weighted by Gasteiger charge is -2.34. The Morgan fingerprint density at radius 2 is 1.86 bits per heavy atom. The standard InChI is InChI=1S/C23H21ClF3N5O2S/c24-20-19(33-17-4-1-5-18(13-17)34-23(25,26)27)6-10-29-21(20)32-11-7-15(8-12-32)30-22(35)31-16-3-2-9-28-14-16/h1-6,9-10,13-15H,7-8,11-12H2,(H2,30,31,35). The second kappa shape index (κ2) is 11.0. The number of rotatable bonds is 6. The molecule has 1 fully saturated rings. The Morgan fingerprint density at radius 1 is 1.09 bits per heavy atom. The van der Waals surface area contributed by atoms with E-state index in [-0.39, 0.29) is 28.3 Å². The highest BCUT2D eigenvalue weighted by Gasteiger charge is 2.31. The molecule has 0 atom stereocenters. The van der Waals surface area contributed by atoms with Gasteiger partial charge in [0.15, 0.2) is 16.7 Å². The van der Waals surface area contributed by atoms with Gasteiger partial charge in [-0.15, -0.1) is 13.2 Å². The van der Waals surface area contributed by atoms with Crippen molar-refractivity contribution < 1.29 is 22.6 Å². The lowest BCUT2D eigenvalue weighted by Crippen LogP contribution is -2.46. The zero-order valence-corrected chi connectivity index (χ0v) is 19.8. The number of pyridine rings is 2. The normalized spacial score (nSPS) is 14.3. The van der Waals surface area contributed by atoms with E-state index < -0.39 is 6.36 Å². The summed E-state index contributed by atoms with van der Waals surface area (Å²) < 4.78 is 47.2. The maximum atomic E-state index is 12.5. The minimum atomic E-state index is -4.79. The summed E-state index contributed by atoms with van der Waals surface area (Å²) in [5, 5.41) is 7.23. The summed E-state index contributed by atoms with van der Waals surface area (Å²) in [6.45, 7) is 1.36. The Labute approximate surface area is 210 Å². The Kier molecular flexibility index (Phi) is 7.76. The molecule has 0 aliphatic carbocycles. The Morgan fingerprint density at radius 3 is 2.57 bits per heavy atom. The molecule has 3 aromatic rings. The third kappa shape index (κ3) is 7.09. The second-order valence-corrected chi connectivity index (χ2v) is 8.46. The number of anilines is 2. The van der Waals surface area contributed by atoms with Crippen molar-refractivity contribution in [2.45, 2.75) is 25.2 Å². The molecule has 2 N–H and O–H groups in total. The van der Waals surface area contributed by atoms with Gasteiger partial charge < -0.3 is 25.0 Å². The molecular weight excluding hydrogens is 503 g/mol. The number of ether oxygens (including phenoxy) is 2. The van der Waals surface area contributed by atoms with Gasteiger partial charge >= 0.3 is 6.36 Å². The molecule has 1 aliphatic rings. The maximum absolute atomic E-state index is 12.5. The van der Waals surface area contributed by atoms with Gasteiger partial charge in [-0.25, -0.2) is 4.98 Å². The summed E-state index contributed by atoms with van der Waals surface area (Å²) in [4.78, 5) is 10.5. The van der Waals surface area contributed by atoms with Crippen LogP contribution in [0, 0.1) is 0 Å². The van der Waals surface area contributed by atoms with E-state index in [1.807, 2.05) is 17.0 Å². The fourth-order valence-electron chi connectivity index (χ4n) is 3.60. The van der Waals surface area contributed by atoms with E-state index >= 15 is 0 Å². The van der Waals surface area contributed by atoms with Crippen LogP contribution in [0.15, 0.2) is 61.1 Å². The van der Waals surface area contributed by atoms with Crippen LogP contribution in [-0.2, 0) is 0 Å². The van der Waals surface area contributed by atoms with Gasteiger partial charge in [-0.2, -0.15) is 0 Å². The molecule has 1 aliphatic heterocycles. The van der Waals surface area contributed by atoms with Gasteiger partial charge in [-0.05, 0) is 49.3 Å². The van der Waals surface area contributed by atoms with E-state index in [0.717, 1.165) is 24.6 Å². The molecule has 12 heteroatoms. The summed E-state index contributed by atoms with van der Waals surface area (Å²) >= 11 is 11.9. The fraction of sp³-hybridized carbons (Fsp3) is 0.261. The van der Waals surface area contributed by atoms with Crippen molar-refractivity contribution in [3.8, 4) is 17.2 Å². The zero-order chi connectivity index (χ0) is 24.8. The number of piperidine rings is 1. The predicted molar refractivity (Wildman–Crippen MR) is 131 cm³/mol. The molecule has 0 amide bonds. The monoisotopic (exact) mass is 523 g/mol. The number of alkyl halides is 3. The summed E-state index contributed by atoms with van der Waals surface area (Å²) in [6.07, 6.45) is 1.74. The largest absolute Gasteiger partial charge is 0.573 e. The first-order valence-electron chi connectivity index (χ1n) is 10.7. The van der Waals surface area contributed by atoms with Gasteiger partial charge in [0.05, 0.1) is 11.9 Å². The van der Waals surface area contributed by atoms with E-state index in [9.17, 15) is 13.2 Å². The van der Waals surface area contributed by atoms with Crippen molar-refractivity contribution in [3.05, 3.63) is 66.1 Å². The van der Waals surface area contributed by atoms with Crippen LogP contribution in [0.1, 0.15) is 12.8 Å². The van der Waals surface area contributed by atoms with Crippen molar-refractivity contribution in [3.63, 3.8) is 0 Å². The second-order valence-electron chi connectivity index (χ2n) is 7.67. The molecule has 1 saturated heterocycles. The summed E-state index contributed by atoms with van der Waals surface area (Å²) in [5.74, 6) is 0.596. The molecule has 4 rings (SSSR count). The average molecular weight is 524 g/mol. The molecule has 35 heavy (non-hydrogen) atoms. The van der Waals surface area contributed by atoms with Gasteiger partial charge in [-0.1, -0.05) is 17.7 Å². The molecule has 2 aromatic heterocycles. The van der Waals surface area contributed by atoms with Crippen molar-refractivity contribution in [2.24, 2.45) is 0 Å². The summed E-state index contributed by atoms with van der Waals surface area (Å²) in [5.41, 5.74) is 0.811. The fourth-order valence-corrected chi connectivity index (χ4v) is 4.16. The number of benzene rings is 1. The lowest BCUT2D eigenvalue weighted by molar-refractivity contribution is -0.274. The average Bonchev–Trinajstić information content (AvgIpc) is 2.81. The first kappa shape index (κ1) is 24.8. The predicted octanol–water partition coefficient (Wildman–Crippen LogP) is 5.78. The third-order valence-electron chi connectivity index (χ3n) is 5.15. The molecule has 7 nitrogen and oxygen atoms in total. The summed E-state index contributed by atoms with van der Waals surface area (Å²) in [6, 6.07) is 10.7. The van der Waals surface area contributed by atoms with E-state index in [0.29, 0.717) is 24.0 Å². The maximum Gasteiger partial charge on any atom is 0.573 e. The van der Waals surface area contributed by atoms with Crippen LogP contribution in [0.2, 0.25) is 5.02 Å². The van der Waals surface area contributed by atoms with Crippen LogP contribution in [0.3, 0.4) is 0 Å². The van der Waals surface area contributed by atoms with Gasteiger partial charge in [0, 0.05) is 43.7 Å². The van der Waals surface area contributed by atoms with E-state index in [1.54, 1.807) is 24.7 Å². The highest BCUT2D eigenvalue weighted by atomic mass is 35.5. The van der Waals surface area contributed by atoms with Gasteiger partial charge in [0.25, 0.3) is 0 Å². The van der Waals surface area contributed by atoms with Crippen molar-refractivity contribution in [1.29, 1.82) is 0 Å². The van der Waals surface area contributed by atoms with Gasteiger partial charge in [0.2, 0.25) is 0 Å². The van der Waals surface area contributed by atoms with Crippen LogP contribution >= 0.6 is 23.8 Å². The number of nitrogens with one attached hydrogen (secondary N) is 2. The number of hydrogen-bond acceptors (Lipinski definition) is 6. The minimum Gasteiger partial charge on any atom is -0.455 e. The number of halogens is 4. The third-order valence-corrected chi connectivity index (χ3v) is 5.73. The topological polar surface area (TPSA) is 71.5 Å². The van der Waals surface area contributed by atoms with E-state index in [4.69, 9.17) is 28.6 Å². The van der Waals surface area contributed by atoms with Crippen LogP contribution in [0.25, 0.3) is 0 Å². The first-order valence-corrected chi connectivity index (χ1v) is 11.5. The highest BCUT2D eigenvalue weighted by molar-refractivity contribution is 7.80. The number of hydrogen-bond donors (Lipinski definition) is 2. The van der Waals surface area contributed by atoms with E-state index in [1.165, 1.54) is 18.2 Å². The molecule has 0 unspecified atom stereocenters. The molecule has 184 valence electrons. The number of aromatic nitrogens is 2. The molecular formula is C23H21ClF3N5O2S. The lowest BCUT2D eigenvalue weighted by atomic mass is 10.1. The Hall–Kier alpha value is -3.31. The first-order chi connectivity index (χ1) is 16.8. The molecule has 1 aromatic carbocycles. The molecule has 0 bridgehead atoms. The van der Waals surface area contributed by atoms with Crippen molar-refractivity contribution >= 4 is 40.4 Å². The van der Waals surface area contributed by atoms with Crippen LogP contribution in [-0.4, -0.2) is 40.6 Å². The zero-order valence-electron chi connectivity index (χ0n) is 18.3. The van der Waals surface area contributed by atoms with Gasteiger partial charge in [-0.3, -0.25) is 4.98 Å². The number of thiocarbonyl (C=S) groups is 1. The minimum absolute atomic E-state index is 0.156. The van der Waals surface area contributed by atoms with Crippen molar-refractivity contribution in [2.75, 3.05) is 23.3 Å². The smallest absolute Gasteiger partial charge is 0.455 e.